The molecule has 0 bridgehead atoms. The molecule has 7 nitrogen and oxygen atoms in total. The summed E-state index contributed by atoms with van der Waals surface area (Å²) in [5.41, 5.74) is 7.50. The van der Waals surface area contributed by atoms with E-state index < -0.39 is 0 Å². The van der Waals surface area contributed by atoms with E-state index in [1.165, 1.54) is 5.49 Å². The molecule has 116 valence electrons. The highest BCUT2D eigenvalue weighted by Crippen LogP contribution is 1.75. The van der Waals surface area contributed by atoms with E-state index in [1.807, 2.05) is 13.8 Å². The van der Waals surface area contributed by atoms with Crippen LogP contribution in [0.25, 0.3) is 0 Å². The first kappa shape index (κ1) is 21.0. The van der Waals surface area contributed by atoms with Gasteiger partial charge in [-0.1, -0.05) is 12.2 Å². The topological polar surface area (TPSA) is 82.1 Å². The van der Waals surface area contributed by atoms with E-state index in [2.05, 4.69) is 43.9 Å². The van der Waals surface area contributed by atoms with Crippen molar-refractivity contribution in [3.05, 3.63) is 0 Å². The zero-order valence-corrected chi connectivity index (χ0v) is 14.0. The van der Waals surface area contributed by atoms with Gasteiger partial charge in [0.2, 0.25) is 0 Å². The quantitative estimate of drug-likeness (QED) is 0.289. The van der Waals surface area contributed by atoms with Gasteiger partial charge in [-0.2, -0.15) is 10.2 Å². The number of ether oxygens (including phenoxy) is 1. The fourth-order valence-corrected chi connectivity index (χ4v) is 1.20. The van der Waals surface area contributed by atoms with Crippen molar-refractivity contribution in [1.82, 2.24) is 21.5 Å². The number of nitrogens with zero attached hydrogens (tertiary/aromatic N) is 2. The zero-order valence-electron chi connectivity index (χ0n) is 12.4. The van der Waals surface area contributed by atoms with Crippen LogP contribution in [0.1, 0.15) is 13.8 Å². The van der Waals surface area contributed by atoms with Gasteiger partial charge in [0.25, 0.3) is 0 Å². The number of hydrogen-bond donors (Lipinski definition) is 4. The molecular weight excluding hydrogens is 296 g/mol. The number of nitrogens with one attached hydrogen (secondary N) is 4. The van der Waals surface area contributed by atoms with Gasteiger partial charge in [-0.25, -0.2) is 0 Å². The van der Waals surface area contributed by atoms with Crippen molar-refractivity contribution in [1.29, 1.82) is 0 Å². The normalized spacial score (nSPS) is 10.3. The lowest BCUT2D eigenvalue weighted by Crippen LogP contribution is -2.32. The van der Waals surface area contributed by atoms with E-state index in [-0.39, 0.29) is 0 Å². The number of hydrazone groups is 2. The maximum Gasteiger partial charge on any atom is 0.186 e. The second-order valence-corrected chi connectivity index (χ2v) is 3.81. The SMILES string of the molecule is CCNC(=S)N/N=C/C(COC)=N/NC.CCNC=S. The Bertz CT molecular complexity index is 309. The molecule has 20 heavy (non-hydrogen) atoms. The van der Waals surface area contributed by atoms with Crippen LogP contribution >= 0.6 is 24.4 Å². The van der Waals surface area contributed by atoms with Gasteiger partial charge in [0.1, 0.15) is 5.71 Å². The van der Waals surface area contributed by atoms with Gasteiger partial charge in [-0.05, 0) is 26.1 Å². The van der Waals surface area contributed by atoms with Crippen molar-refractivity contribution in [3.8, 4) is 0 Å². The summed E-state index contributed by atoms with van der Waals surface area (Å²) in [4.78, 5) is 0. The Balaban J connectivity index is 0. The Morgan fingerprint density at radius 3 is 2.40 bits per heavy atom. The molecule has 0 rings (SSSR count). The fourth-order valence-electron chi connectivity index (χ4n) is 0.839. The molecule has 0 aromatic heterocycles. The standard InChI is InChI=1S/C8H17N5OS.C3H7NS/c1-4-10-8(15)13-11-5-7(6-14-3)12-9-2;1-2-4-3-5/h5,9H,4,6H2,1-3H3,(H2,10,13,15);3H,2H2,1H3,(H,4,5)/b11-5+,12-7-;. The second kappa shape index (κ2) is 17.7. The summed E-state index contributed by atoms with van der Waals surface area (Å²) in [6, 6.07) is 0. The van der Waals surface area contributed by atoms with Gasteiger partial charge in [0.15, 0.2) is 5.11 Å². The van der Waals surface area contributed by atoms with E-state index in [1.54, 1.807) is 20.4 Å². The van der Waals surface area contributed by atoms with Gasteiger partial charge in [-0.3, -0.25) is 5.43 Å². The van der Waals surface area contributed by atoms with Gasteiger partial charge in [-0.15, -0.1) is 0 Å². The van der Waals surface area contributed by atoms with E-state index >= 15 is 0 Å². The number of hydrogen-bond acceptors (Lipinski definition) is 6. The lowest BCUT2D eigenvalue weighted by molar-refractivity contribution is 0.246. The van der Waals surface area contributed by atoms with Crippen LogP contribution in [0.3, 0.4) is 0 Å². The Morgan fingerprint density at radius 1 is 1.30 bits per heavy atom. The molecule has 0 fully saturated rings. The smallest absolute Gasteiger partial charge is 0.186 e. The van der Waals surface area contributed by atoms with Crippen molar-refractivity contribution >= 4 is 47.0 Å². The zero-order chi connectivity index (χ0) is 15.6. The maximum atomic E-state index is 4.92. The molecule has 0 aliphatic rings. The van der Waals surface area contributed by atoms with Gasteiger partial charge < -0.3 is 20.8 Å². The molecule has 0 atom stereocenters. The minimum atomic E-state index is 0.389. The Kier molecular flexibility index (Phi) is 18.6. The summed E-state index contributed by atoms with van der Waals surface area (Å²) < 4.78 is 4.92. The van der Waals surface area contributed by atoms with Crippen LogP contribution in [0, 0.1) is 0 Å². The molecule has 0 aliphatic heterocycles. The summed E-state index contributed by atoms with van der Waals surface area (Å²) in [6.07, 6.45) is 1.55. The first-order chi connectivity index (χ1) is 9.65. The summed E-state index contributed by atoms with van der Waals surface area (Å²) in [7, 11) is 3.30. The van der Waals surface area contributed by atoms with Crippen LogP contribution in [-0.2, 0) is 4.74 Å². The van der Waals surface area contributed by atoms with Crippen molar-refractivity contribution in [2.24, 2.45) is 10.2 Å². The monoisotopic (exact) mass is 320 g/mol. The summed E-state index contributed by atoms with van der Waals surface area (Å²) >= 11 is 9.33. The molecule has 0 unspecified atom stereocenters. The van der Waals surface area contributed by atoms with E-state index in [0.717, 1.165) is 13.1 Å². The second-order valence-electron chi connectivity index (χ2n) is 3.16. The van der Waals surface area contributed by atoms with E-state index in [0.29, 0.717) is 17.4 Å². The van der Waals surface area contributed by atoms with Crippen LogP contribution in [0.2, 0.25) is 0 Å². The number of methoxy groups -OCH3 is 1. The molecule has 0 amide bonds. The maximum absolute atomic E-state index is 4.92. The largest absolute Gasteiger partial charge is 0.382 e. The Morgan fingerprint density at radius 2 is 2.00 bits per heavy atom. The third-order valence-corrected chi connectivity index (χ3v) is 1.95. The third-order valence-electron chi connectivity index (χ3n) is 1.55. The highest BCUT2D eigenvalue weighted by atomic mass is 32.1. The van der Waals surface area contributed by atoms with Crippen LogP contribution in [0.4, 0.5) is 0 Å². The first-order valence-electron chi connectivity index (χ1n) is 6.12. The summed E-state index contributed by atoms with van der Waals surface area (Å²) in [5.74, 6) is 0. The molecule has 0 saturated carbocycles. The lowest BCUT2D eigenvalue weighted by atomic mass is 10.4. The molecule has 0 aromatic carbocycles. The molecule has 0 radical (unpaired) electrons. The van der Waals surface area contributed by atoms with Crippen molar-refractivity contribution < 1.29 is 4.74 Å². The van der Waals surface area contributed by atoms with Gasteiger partial charge >= 0.3 is 0 Å². The van der Waals surface area contributed by atoms with Gasteiger partial charge in [0, 0.05) is 27.2 Å². The molecule has 0 aliphatic carbocycles. The van der Waals surface area contributed by atoms with E-state index in [9.17, 15) is 0 Å². The predicted molar refractivity (Wildman–Crippen MR) is 93.6 cm³/mol. The lowest BCUT2D eigenvalue weighted by Gasteiger charge is -2.03. The van der Waals surface area contributed by atoms with Crippen LogP contribution < -0.4 is 21.5 Å². The van der Waals surface area contributed by atoms with Crippen molar-refractivity contribution in [2.45, 2.75) is 13.8 Å². The van der Waals surface area contributed by atoms with Crippen LogP contribution in [-0.4, -0.2) is 56.4 Å². The van der Waals surface area contributed by atoms with E-state index in [4.69, 9.17) is 17.0 Å². The summed E-state index contributed by atoms with van der Waals surface area (Å²) in [6.45, 7) is 6.04. The average molecular weight is 320 g/mol. The number of thiocarbonyl (C=S) groups is 2. The molecule has 4 N–H and O–H groups in total. The molecule has 0 saturated heterocycles. The fraction of sp³-hybridized carbons (Fsp3) is 0.636. The summed E-state index contributed by atoms with van der Waals surface area (Å²) in [5, 5.41) is 14.0. The molecule has 0 aromatic rings. The minimum absolute atomic E-state index is 0.389. The Labute approximate surface area is 131 Å². The highest BCUT2D eigenvalue weighted by Gasteiger charge is 1.94. The third kappa shape index (κ3) is 16.7. The van der Waals surface area contributed by atoms with Crippen molar-refractivity contribution in [3.63, 3.8) is 0 Å². The Hall–Kier alpha value is -1.32. The molecule has 0 spiro atoms. The van der Waals surface area contributed by atoms with Crippen LogP contribution in [0.5, 0.6) is 0 Å². The average Bonchev–Trinajstić information content (AvgIpc) is 2.41. The first-order valence-corrected chi connectivity index (χ1v) is 7.00. The molecular formula is C11H24N6OS2. The van der Waals surface area contributed by atoms with Gasteiger partial charge in [0.05, 0.1) is 18.3 Å². The van der Waals surface area contributed by atoms with Crippen LogP contribution in [0.15, 0.2) is 10.2 Å². The van der Waals surface area contributed by atoms with Crippen molar-refractivity contribution in [2.75, 3.05) is 33.9 Å². The minimum Gasteiger partial charge on any atom is -0.382 e. The number of rotatable bonds is 8. The highest BCUT2D eigenvalue weighted by molar-refractivity contribution is 7.80. The predicted octanol–water partition coefficient (Wildman–Crippen LogP) is 0.231. The molecule has 0 heterocycles. The molecule has 9 heteroatoms.